The first-order valence-electron chi connectivity index (χ1n) is 19.7. The Morgan fingerprint density at radius 1 is 0.774 bits per heavy atom. The quantitative estimate of drug-likeness (QED) is 0.0950. The molecule has 6 heterocycles. The van der Waals surface area contributed by atoms with Gasteiger partial charge in [-0.15, -0.1) is 0 Å². The van der Waals surface area contributed by atoms with Gasteiger partial charge in [0.15, 0.2) is 34.8 Å². The van der Waals surface area contributed by atoms with Gasteiger partial charge in [0.25, 0.3) is 11.1 Å². The molecule has 5 aromatic rings. The number of aromatic amines is 2. The lowest BCUT2D eigenvalue weighted by molar-refractivity contribution is -0.119. The highest BCUT2D eigenvalue weighted by molar-refractivity contribution is 7.17. The van der Waals surface area contributed by atoms with Gasteiger partial charge < -0.3 is 29.1 Å². The Bertz CT molecular complexity index is 2270. The second-order valence-electron chi connectivity index (χ2n) is 15.0. The van der Waals surface area contributed by atoms with Gasteiger partial charge in [-0.2, -0.15) is 9.97 Å². The van der Waals surface area contributed by atoms with Crippen LogP contribution in [0.15, 0.2) is 52.6 Å². The number of hydrogen-bond donors (Lipinski definition) is 7. The Labute approximate surface area is 358 Å². The van der Waals surface area contributed by atoms with Crippen molar-refractivity contribution in [2.75, 3.05) is 10.6 Å². The zero-order valence-corrected chi connectivity index (χ0v) is 37.1. The number of anilines is 2. The highest BCUT2D eigenvalue weighted by Gasteiger charge is 2.43. The van der Waals surface area contributed by atoms with Gasteiger partial charge in [0.05, 0.1) is 24.9 Å². The molecule has 24 heteroatoms. The molecule has 62 heavy (non-hydrogen) atoms. The molecular formula is C38H52N10O12P2. The number of ether oxygens (including phenoxy) is 2. The molecule has 22 nitrogen and oxygen atoms in total. The van der Waals surface area contributed by atoms with Gasteiger partial charge >= 0.3 is 17.4 Å². The number of aromatic nitrogens is 8. The SMILES string of the molecule is CC[C@H]1O[C@@H](n2cnc3c(=O)[nH]c(NC(=O)C(C)C)nc32)[C@@H](O)[C@@H]1C.CC[C@H]1O[C@@H](n2cnc3c(=O)[nH]c(NC(=O)C(C)C)nc32)[C@@H](O)[C@@H]1C.O=PO.O=POc1ccccc1. The fraction of sp³-hybridized carbons (Fsp3) is 0.526. The molecule has 2 fully saturated rings. The van der Waals surface area contributed by atoms with Crippen molar-refractivity contribution in [2.45, 2.75) is 105 Å². The van der Waals surface area contributed by atoms with E-state index in [1.54, 1.807) is 49.0 Å². The highest BCUT2D eigenvalue weighted by atomic mass is 31.1. The molecule has 0 saturated carbocycles. The molecule has 7 N–H and O–H groups in total. The minimum absolute atomic E-state index is 0.0467. The molecule has 2 aliphatic rings. The number of aliphatic hydroxyl groups is 2. The fourth-order valence-electron chi connectivity index (χ4n) is 6.51. The van der Waals surface area contributed by atoms with E-state index in [2.05, 4.69) is 45.1 Å². The van der Waals surface area contributed by atoms with E-state index in [4.69, 9.17) is 18.9 Å². The predicted octanol–water partition coefficient (Wildman–Crippen LogP) is 4.49. The van der Waals surface area contributed by atoms with Crippen LogP contribution in [0.25, 0.3) is 22.3 Å². The van der Waals surface area contributed by atoms with Crippen molar-refractivity contribution in [3.05, 3.63) is 63.7 Å². The topological polar surface area (TPSA) is 308 Å². The third kappa shape index (κ3) is 11.8. The third-order valence-electron chi connectivity index (χ3n) is 10.1. The summed E-state index contributed by atoms with van der Waals surface area (Å²) in [5.41, 5.74) is -0.144. The highest BCUT2D eigenvalue weighted by Crippen LogP contribution is 2.37. The number of imidazole rings is 2. The third-order valence-corrected chi connectivity index (χ3v) is 10.4. The second kappa shape index (κ2) is 22.7. The number of hydrogen-bond acceptors (Lipinski definition) is 15. The summed E-state index contributed by atoms with van der Waals surface area (Å²) in [7, 11) is -1.14. The number of nitrogens with zero attached hydrogens (tertiary/aromatic N) is 6. The smallest absolute Gasteiger partial charge is 0.395 e. The molecule has 0 bridgehead atoms. The molecule has 1 aromatic carbocycles. The monoisotopic (exact) mass is 902 g/mol. The van der Waals surface area contributed by atoms with Crippen molar-refractivity contribution in [3.63, 3.8) is 0 Å². The molecule has 336 valence electrons. The van der Waals surface area contributed by atoms with Crippen LogP contribution in [0.4, 0.5) is 11.9 Å². The minimum atomic E-state index is -0.833. The van der Waals surface area contributed by atoms with E-state index in [1.165, 1.54) is 12.7 Å². The van der Waals surface area contributed by atoms with Crippen molar-refractivity contribution in [1.29, 1.82) is 0 Å². The van der Waals surface area contributed by atoms with E-state index < -0.39 is 44.5 Å². The van der Waals surface area contributed by atoms with Gasteiger partial charge in [-0.3, -0.25) is 48.9 Å². The van der Waals surface area contributed by atoms with E-state index in [0.29, 0.717) is 5.75 Å². The van der Waals surface area contributed by atoms with Crippen LogP contribution >= 0.6 is 17.4 Å². The Morgan fingerprint density at radius 2 is 1.16 bits per heavy atom. The molecule has 0 unspecified atom stereocenters. The molecule has 2 amide bonds. The lowest BCUT2D eigenvalue weighted by atomic mass is 9.99. The van der Waals surface area contributed by atoms with Gasteiger partial charge in [0.1, 0.15) is 18.0 Å². The first-order chi connectivity index (χ1) is 29.5. The Kier molecular flexibility index (Phi) is 18.0. The number of amides is 2. The van der Waals surface area contributed by atoms with Crippen LogP contribution in [0, 0.1) is 23.7 Å². The normalized spacial score (nSPS) is 23.0. The molecule has 7 rings (SSSR count). The van der Waals surface area contributed by atoms with Crippen LogP contribution in [-0.4, -0.2) is 90.4 Å². The van der Waals surface area contributed by atoms with Gasteiger partial charge in [0, 0.05) is 23.7 Å². The average Bonchev–Trinajstić information content (AvgIpc) is 4.00. The van der Waals surface area contributed by atoms with Crippen LogP contribution < -0.4 is 26.3 Å². The molecule has 2 saturated heterocycles. The van der Waals surface area contributed by atoms with Gasteiger partial charge in [-0.1, -0.05) is 73.6 Å². The van der Waals surface area contributed by atoms with Crippen molar-refractivity contribution in [2.24, 2.45) is 23.7 Å². The van der Waals surface area contributed by atoms with Crippen molar-refractivity contribution in [1.82, 2.24) is 39.0 Å². The first kappa shape index (κ1) is 49.3. The summed E-state index contributed by atoms with van der Waals surface area (Å²) in [4.78, 5) is 76.9. The zero-order valence-electron chi connectivity index (χ0n) is 35.3. The maximum atomic E-state index is 12.2. The average molecular weight is 903 g/mol. The molecular weight excluding hydrogens is 850 g/mol. The molecule has 0 spiro atoms. The van der Waals surface area contributed by atoms with E-state index in [0.717, 1.165) is 12.8 Å². The number of benzene rings is 1. The molecule has 2 aliphatic heterocycles. The first-order valence-corrected chi connectivity index (χ1v) is 21.2. The molecule has 8 atom stereocenters. The summed E-state index contributed by atoms with van der Waals surface area (Å²) in [5.74, 6) is -0.403. The fourth-order valence-corrected chi connectivity index (χ4v) is 6.72. The number of aliphatic hydroxyl groups excluding tert-OH is 2. The summed E-state index contributed by atoms with van der Waals surface area (Å²) in [6, 6.07) is 8.99. The van der Waals surface area contributed by atoms with Crippen molar-refractivity contribution in [3.8, 4) is 5.75 Å². The Morgan fingerprint density at radius 3 is 1.48 bits per heavy atom. The van der Waals surface area contributed by atoms with Crippen LogP contribution in [0.1, 0.15) is 80.7 Å². The maximum Gasteiger partial charge on any atom is 0.395 e. The van der Waals surface area contributed by atoms with Crippen LogP contribution in [0.5, 0.6) is 5.75 Å². The number of para-hydroxylation sites is 1. The molecule has 4 aromatic heterocycles. The second-order valence-corrected chi connectivity index (χ2v) is 15.5. The van der Waals surface area contributed by atoms with Crippen molar-refractivity contribution >= 4 is 63.4 Å². The Hall–Kier alpha value is -5.34. The lowest BCUT2D eigenvalue weighted by Gasteiger charge is -2.17. The zero-order chi connectivity index (χ0) is 45.8. The minimum Gasteiger partial charge on any atom is -0.408 e. The number of H-pyrrole nitrogens is 2. The number of rotatable bonds is 10. The summed E-state index contributed by atoms with van der Waals surface area (Å²) in [6.07, 6.45) is 1.41. The van der Waals surface area contributed by atoms with Gasteiger partial charge in [-0.25, -0.2) is 19.1 Å². The lowest BCUT2D eigenvalue weighted by Crippen LogP contribution is -2.25. The molecule has 0 radical (unpaired) electrons. The summed E-state index contributed by atoms with van der Waals surface area (Å²) >= 11 is 0. The van der Waals surface area contributed by atoms with E-state index >= 15 is 0 Å². The summed E-state index contributed by atoms with van der Waals surface area (Å²) in [6.45, 7) is 14.8. The maximum absolute atomic E-state index is 12.2. The van der Waals surface area contributed by atoms with Crippen LogP contribution in [0.3, 0.4) is 0 Å². The van der Waals surface area contributed by atoms with Crippen LogP contribution in [0.2, 0.25) is 0 Å². The van der Waals surface area contributed by atoms with Crippen molar-refractivity contribution < 1.29 is 47.8 Å². The summed E-state index contributed by atoms with van der Waals surface area (Å²) < 4.78 is 37.9. The van der Waals surface area contributed by atoms with E-state index in [-0.39, 0.29) is 90.6 Å². The summed E-state index contributed by atoms with van der Waals surface area (Å²) in [5, 5.41) is 26.1. The number of carbonyl (C=O) groups is 2. The number of fused-ring (bicyclic) bond motifs is 2. The predicted molar refractivity (Wildman–Crippen MR) is 226 cm³/mol. The largest absolute Gasteiger partial charge is 0.408 e. The molecule has 0 aliphatic carbocycles. The van der Waals surface area contributed by atoms with Crippen LogP contribution in [-0.2, 0) is 28.2 Å². The van der Waals surface area contributed by atoms with Gasteiger partial charge in [0.2, 0.25) is 23.7 Å². The van der Waals surface area contributed by atoms with E-state index in [1.807, 2.05) is 45.9 Å². The number of nitrogens with one attached hydrogen (secondary N) is 4. The number of carbonyl (C=O) groups excluding carboxylic acids is 2. The Balaban J connectivity index is 0.000000216. The van der Waals surface area contributed by atoms with Gasteiger partial charge in [-0.05, 0) is 25.0 Å². The standard InChI is InChI=1S/2C16H23N5O4.C6H5O2P.HO2P/c2*1-5-9-8(4)11(22)15(25-9)21-6-17-10-12(21)18-16(20-14(10)24)19-13(23)7(2)3;7-9-8-6-4-2-1-3-5-6;1-3-2/h2*6-9,11,15,22H,5H2,1-4H3,(H2,18,19,20,23,24);1-5H;(H,1,2)/t2*8-,9-,11+,15-;;/m11../s1. The van der Waals surface area contributed by atoms with E-state index in [9.17, 15) is 34.0 Å².